The van der Waals surface area contributed by atoms with Crippen LogP contribution in [-0.2, 0) is 6.61 Å². The minimum absolute atomic E-state index is 0.0711. The van der Waals surface area contributed by atoms with Crippen molar-refractivity contribution < 1.29 is 18.3 Å². The molecule has 0 spiro atoms. The van der Waals surface area contributed by atoms with Gasteiger partial charge in [0.25, 0.3) is 0 Å². The van der Waals surface area contributed by atoms with E-state index in [9.17, 15) is 13.6 Å². The normalized spacial score (nSPS) is 10.7. The highest BCUT2D eigenvalue weighted by atomic mass is 35.5. The molecule has 0 radical (unpaired) electrons. The van der Waals surface area contributed by atoms with Gasteiger partial charge < -0.3 is 4.74 Å². The lowest BCUT2D eigenvalue weighted by Crippen LogP contribution is -2.08. The Morgan fingerprint density at radius 1 is 1.47 bits per heavy atom. The van der Waals surface area contributed by atoms with Gasteiger partial charge in [0, 0.05) is 17.4 Å². The molecule has 7 heteroatoms. The number of aromatic nitrogens is 2. The van der Waals surface area contributed by atoms with Crippen LogP contribution in [0.5, 0.6) is 5.75 Å². The molecule has 100 valence electrons. The van der Waals surface area contributed by atoms with Crippen LogP contribution < -0.4 is 4.74 Å². The molecule has 0 saturated carbocycles. The molecule has 1 aromatic carbocycles. The van der Waals surface area contributed by atoms with Gasteiger partial charge in [-0.25, -0.2) is 4.98 Å². The summed E-state index contributed by atoms with van der Waals surface area (Å²) in [5.41, 5.74) is 0.252. The van der Waals surface area contributed by atoms with E-state index in [2.05, 4.69) is 4.98 Å². The Balaban J connectivity index is 2.14. The van der Waals surface area contributed by atoms with E-state index in [4.69, 9.17) is 16.3 Å². The van der Waals surface area contributed by atoms with Crippen molar-refractivity contribution in [1.29, 1.82) is 0 Å². The Kier molecular flexibility index (Phi) is 4.11. The van der Waals surface area contributed by atoms with E-state index in [1.165, 1.54) is 18.3 Å². The molecule has 0 saturated heterocycles. The van der Waals surface area contributed by atoms with E-state index in [1.807, 2.05) is 0 Å². The van der Waals surface area contributed by atoms with Crippen LogP contribution in [0.3, 0.4) is 0 Å². The Morgan fingerprint density at radius 3 is 2.95 bits per heavy atom. The van der Waals surface area contributed by atoms with Gasteiger partial charge in [0.15, 0.2) is 12.1 Å². The number of alkyl halides is 2. The van der Waals surface area contributed by atoms with E-state index >= 15 is 0 Å². The molecular formula is C12H9ClF2N2O2. The largest absolute Gasteiger partial charge is 0.485 e. The van der Waals surface area contributed by atoms with E-state index in [-0.39, 0.29) is 23.7 Å². The molecule has 19 heavy (non-hydrogen) atoms. The van der Waals surface area contributed by atoms with Crippen LogP contribution in [0.2, 0.25) is 5.02 Å². The summed E-state index contributed by atoms with van der Waals surface area (Å²) in [7, 11) is 0. The highest BCUT2D eigenvalue weighted by molar-refractivity contribution is 6.30. The van der Waals surface area contributed by atoms with Crippen LogP contribution in [0.1, 0.15) is 22.7 Å². The van der Waals surface area contributed by atoms with Gasteiger partial charge in [-0.3, -0.25) is 9.36 Å². The smallest absolute Gasteiger partial charge is 0.320 e. The molecule has 4 nitrogen and oxygen atoms in total. The van der Waals surface area contributed by atoms with Gasteiger partial charge in [0.05, 0.1) is 5.56 Å². The third-order valence-corrected chi connectivity index (χ3v) is 2.65. The monoisotopic (exact) mass is 286 g/mol. The van der Waals surface area contributed by atoms with Gasteiger partial charge in [-0.1, -0.05) is 11.6 Å². The Hall–Kier alpha value is -1.95. The molecule has 1 heterocycles. The fourth-order valence-corrected chi connectivity index (χ4v) is 1.70. The molecule has 0 aliphatic heterocycles. The zero-order valence-electron chi connectivity index (χ0n) is 9.59. The second-order valence-electron chi connectivity index (χ2n) is 3.62. The van der Waals surface area contributed by atoms with Gasteiger partial charge in [0.2, 0.25) is 0 Å². The number of hydrogen-bond donors (Lipinski definition) is 0. The van der Waals surface area contributed by atoms with Gasteiger partial charge in [-0.05, 0) is 18.2 Å². The number of carbonyl (C=O) groups is 1. The second kappa shape index (κ2) is 5.79. The summed E-state index contributed by atoms with van der Waals surface area (Å²) in [6.45, 7) is -2.85. The van der Waals surface area contributed by atoms with Crippen molar-refractivity contribution in [2.24, 2.45) is 0 Å². The number of halogens is 3. The number of hydrogen-bond acceptors (Lipinski definition) is 3. The number of rotatable bonds is 5. The summed E-state index contributed by atoms with van der Waals surface area (Å²) in [6.07, 6.45) is 3.00. The van der Waals surface area contributed by atoms with Crippen LogP contribution in [0, 0.1) is 0 Å². The van der Waals surface area contributed by atoms with Crippen molar-refractivity contribution in [2.45, 2.75) is 13.2 Å². The van der Waals surface area contributed by atoms with E-state index < -0.39 is 6.55 Å². The highest BCUT2D eigenvalue weighted by Crippen LogP contribution is 2.22. The molecule has 1 aromatic heterocycles. The molecule has 0 amide bonds. The number of ether oxygens (including phenoxy) is 1. The van der Waals surface area contributed by atoms with Gasteiger partial charge in [0.1, 0.15) is 12.4 Å². The minimum Gasteiger partial charge on any atom is -0.485 e. The van der Waals surface area contributed by atoms with Crippen LogP contribution in [0.25, 0.3) is 0 Å². The quantitative estimate of drug-likeness (QED) is 0.792. The lowest BCUT2D eigenvalue weighted by molar-refractivity contribution is 0.0631. The second-order valence-corrected chi connectivity index (χ2v) is 4.05. The Labute approximate surface area is 112 Å². The Morgan fingerprint density at radius 2 is 2.26 bits per heavy atom. The average molecular weight is 287 g/mol. The van der Waals surface area contributed by atoms with Crippen molar-refractivity contribution in [1.82, 2.24) is 9.55 Å². The fourth-order valence-electron chi connectivity index (χ4n) is 1.52. The topological polar surface area (TPSA) is 44.1 Å². The molecule has 0 aliphatic rings. The minimum atomic E-state index is -2.68. The molecule has 0 atom stereocenters. The first-order valence-corrected chi connectivity index (χ1v) is 5.67. The Bertz CT molecular complexity index is 587. The first-order valence-electron chi connectivity index (χ1n) is 5.29. The van der Waals surface area contributed by atoms with E-state index in [1.54, 1.807) is 6.07 Å². The van der Waals surface area contributed by atoms with Crippen molar-refractivity contribution in [3.05, 3.63) is 47.0 Å². The van der Waals surface area contributed by atoms with Crippen LogP contribution >= 0.6 is 11.6 Å². The molecular weight excluding hydrogens is 278 g/mol. The zero-order chi connectivity index (χ0) is 13.8. The van der Waals surface area contributed by atoms with E-state index in [0.717, 1.165) is 6.20 Å². The van der Waals surface area contributed by atoms with Gasteiger partial charge in [-0.2, -0.15) is 8.78 Å². The predicted molar refractivity (Wildman–Crippen MR) is 64.7 cm³/mol. The highest BCUT2D eigenvalue weighted by Gasteiger charge is 2.12. The molecule has 0 bridgehead atoms. The molecule has 2 rings (SSSR count). The lowest BCUT2D eigenvalue weighted by Gasteiger charge is -2.10. The number of benzene rings is 1. The van der Waals surface area contributed by atoms with Crippen LogP contribution in [-0.4, -0.2) is 15.8 Å². The maximum atomic E-state index is 12.6. The maximum Gasteiger partial charge on any atom is 0.320 e. The van der Waals surface area contributed by atoms with Gasteiger partial charge >= 0.3 is 6.55 Å². The van der Waals surface area contributed by atoms with Crippen molar-refractivity contribution in [3.63, 3.8) is 0 Å². The number of nitrogens with zero attached hydrogens (tertiary/aromatic N) is 2. The molecule has 0 aliphatic carbocycles. The molecule has 0 unspecified atom stereocenters. The SMILES string of the molecule is O=Cc1cc(Cl)ccc1OCc1nccn1C(F)F. The lowest BCUT2D eigenvalue weighted by atomic mass is 10.2. The first-order chi connectivity index (χ1) is 9.11. The first kappa shape index (κ1) is 13.5. The van der Waals surface area contributed by atoms with Crippen LogP contribution in [0.15, 0.2) is 30.6 Å². The predicted octanol–water partition coefficient (Wildman–Crippen LogP) is 3.32. The summed E-state index contributed by atoms with van der Waals surface area (Å²) in [5, 5.41) is 0.392. The summed E-state index contributed by atoms with van der Waals surface area (Å²) in [6, 6.07) is 4.48. The summed E-state index contributed by atoms with van der Waals surface area (Å²) in [4.78, 5) is 14.6. The third kappa shape index (κ3) is 3.08. The van der Waals surface area contributed by atoms with Crippen molar-refractivity contribution in [3.8, 4) is 5.75 Å². The van der Waals surface area contributed by atoms with Crippen LogP contribution in [0.4, 0.5) is 8.78 Å². The maximum absolute atomic E-state index is 12.6. The zero-order valence-corrected chi connectivity index (χ0v) is 10.3. The fraction of sp³-hybridized carbons (Fsp3) is 0.167. The molecule has 0 N–H and O–H groups in total. The average Bonchev–Trinajstić information content (AvgIpc) is 2.85. The standard InChI is InChI=1S/C12H9ClF2N2O2/c13-9-1-2-10(8(5-9)6-18)19-7-11-16-3-4-17(11)12(14)15/h1-6,12H,7H2. The number of aldehydes is 1. The number of imidazole rings is 1. The van der Waals surface area contributed by atoms with Crippen molar-refractivity contribution >= 4 is 17.9 Å². The van der Waals surface area contributed by atoms with E-state index in [0.29, 0.717) is 15.9 Å². The number of carbonyl (C=O) groups excluding carboxylic acids is 1. The van der Waals surface area contributed by atoms with Gasteiger partial charge in [-0.15, -0.1) is 0 Å². The summed E-state index contributed by atoms with van der Waals surface area (Å²) < 4.78 is 31.2. The molecule has 0 fully saturated rings. The van der Waals surface area contributed by atoms with Crippen molar-refractivity contribution in [2.75, 3.05) is 0 Å². The molecule has 2 aromatic rings. The summed E-state index contributed by atoms with van der Waals surface area (Å²) in [5.74, 6) is 0.338. The third-order valence-electron chi connectivity index (χ3n) is 2.41. The summed E-state index contributed by atoms with van der Waals surface area (Å²) >= 11 is 5.73.